The van der Waals surface area contributed by atoms with Gasteiger partial charge in [0.1, 0.15) is 15.8 Å². The van der Waals surface area contributed by atoms with E-state index in [0.717, 1.165) is 48.3 Å². The highest BCUT2D eigenvalue weighted by molar-refractivity contribution is 9.10. The molecular formula is C35H27BrCl2N2O3. The van der Waals surface area contributed by atoms with Gasteiger partial charge < -0.3 is 5.32 Å². The first-order chi connectivity index (χ1) is 20.6. The first-order valence-electron chi connectivity index (χ1n) is 14.1. The fourth-order valence-electron chi connectivity index (χ4n) is 7.27. The van der Waals surface area contributed by atoms with E-state index in [2.05, 4.69) is 21.2 Å². The van der Waals surface area contributed by atoms with Crippen LogP contribution in [0, 0.1) is 25.7 Å². The number of hydrogen-bond donors (Lipinski definition) is 1. The van der Waals surface area contributed by atoms with Crippen molar-refractivity contribution in [2.75, 3.05) is 5.32 Å². The molecule has 3 atom stereocenters. The second kappa shape index (κ2) is 10.0. The number of alkyl halides is 2. The molecule has 2 bridgehead atoms. The molecule has 1 N–H and O–H groups in total. The quantitative estimate of drug-likeness (QED) is 0.180. The van der Waals surface area contributed by atoms with Crippen LogP contribution in [0.3, 0.4) is 0 Å². The summed E-state index contributed by atoms with van der Waals surface area (Å²) >= 11 is 18.8. The zero-order valence-electron chi connectivity index (χ0n) is 23.4. The standard InChI is InChI=1S/C35H27BrCl2N2O3/c1-19-17-27(20(2)16-26(19)36)39-31(41)28(18-21-10-4-3-5-11-21)40-32(42)29-30(33(40)43)35(38)23-13-7-6-12-22(23)34(29,37)24-14-8-9-15-25(24)35/h3-17,28-30H,18H2,1-2H3,(H,39,41)/t28-,29-,30+,34?,35?/m0/s1. The van der Waals surface area contributed by atoms with E-state index in [-0.39, 0.29) is 6.42 Å². The van der Waals surface area contributed by atoms with Crippen LogP contribution in [0.15, 0.2) is 95.5 Å². The average Bonchev–Trinajstić information content (AvgIpc) is 3.28. The Labute approximate surface area is 268 Å². The second-order valence-corrected chi connectivity index (χ2v) is 13.7. The summed E-state index contributed by atoms with van der Waals surface area (Å²) in [6, 6.07) is 27.1. The van der Waals surface area contributed by atoms with E-state index in [9.17, 15) is 14.4 Å². The number of nitrogens with zero attached hydrogens (tertiary/aromatic N) is 1. The molecule has 0 unspecified atom stereocenters. The summed E-state index contributed by atoms with van der Waals surface area (Å²) in [6.07, 6.45) is 0.141. The molecule has 3 amide bonds. The number of halogens is 3. The van der Waals surface area contributed by atoms with Crippen LogP contribution in [0.4, 0.5) is 5.69 Å². The maximum Gasteiger partial charge on any atom is 0.248 e. The van der Waals surface area contributed by atoms with Crippen molar-refractivity contribution in [3.05, 3.63) is 134 Å². The van der Waals surface area contributed by atoms with Gasteiger partial charge in [-0.05, 0) is 64.9 Å². The number of likely N-dealkylation sites (tertiary alicyclic amines) is 1. The minimum Gasteiger partial charge on any atom is -0.324 e. The van der Waals surface area contributed by atoms with E-state index in [1.165, 1.54) is 0 Å². The Morgan fingerprint density at radius 2 is 1.26 bits per heavy atom. The number of carbonyl (C=O) groups is 3. The molecule has 4 aromatic carbocycles. The van der Waals surface area contributed by atoms with Crippen LogP contribution in [-0.2, 0) is 30.6 Å². The van der Waals surface area contributed by atoms with Gasteiger partial charge in [-0.2, -0.15) is 0 Å². The van der Waals surface area contributed by atoms with Crippen molar-refractivity contribution in [2.24, 2.45) is 11.8 Å². The highest BCUT2D eigenvalue weighted by Gasteiger charge is 2.73. The molecule has 43 heavy (non-hydrogen) atoms. The van der Waals surface area contributed by atoms with Crippen molar-refractivity contribution in [3.8, 4) is 0 Å². The minimum absolute atomic E-state index is 0.141. The van der Waals surface area contributed by atoms with Crippen LogP contribution >= 0.6 is 39.1 Å². The maximum absolute atomic E-state index is 14.6. The number of benzene rings is 4. The Balaban J connectivity index is 1.36. The van der Waals surface area contributed by atoms with Crippen molar-refractivity contribution in [1.82, 2.24) is 4.90 Å². The largest absolute Gasteiger partial charge is 0.324 e. The van der Waals surface area contributed by atoms with Crippen LogP contribution in [-0.4, -0.2) is 28.7 Å². The lowest BCUT2D eigenvalue weighted by Gasteiger charge is -2.54. The summed E-state index contributed by atoms with van der Waals surface area (Å²) in [5.74, 6) is -3.39. The number of carbonyl (C=O) groups excluding carboxylic acids is 3. The summed E-state index contributed by atoms with van der Waals surface area (Å²) in [7, 11) is 0. The van der Waals surface area contributed by atoms with E-state index in [4.69, 9.17) is 23.2 Å². The second-order valence-electron chi connectivity index (χ2n) is 11.6. The lowest BCUT2D eigenvalue weighted by Crippen LogP contribution is -2.57. The van der Waals surface area contributed by atoms with Gasteiger partial charge in [0.15, 0.2) is 0 Å². The number of hydrogen-bond acceptors (Lipinski definition) is 3. The lowest BCUT2D eigenvalue weighted by atomic mass is 9.54. The molecule has 4 aromatic rings. The van der Waals surface area contributed by atoms with Crippen molar-refractivity contribution in [2.45, 2.75) is 36.1 Å². The van der Waals surface area contributed by atoms with E-state index in [1.807, 2.05) is 105 Å². The number of rotatable bonds is 5. The zero-order chi connectivity index (χ0) is 30.3. The van der Waals surface area contributed by atoms with Crippen LogP contribution in [0.25, 0.3) is 0 Å². The predicted octanol–water partition coefficient (Wildman–Crippen LogP) is 7.21. The molecule has 0 aromatic heterocycles. The topological polar surface area (TPSA) is 66.5 Å². The summed E-state index contributed by atoms with van der Waals surface area (Å²) in [5.41, 5.74) is 6.11. The van der Waals surface area contributed by atoms with Gasteiger partial charge in [-0.15, -0.1) is 23.2 Å². The predicted molar refractivity (Wildman–Crippen MR) is 171 cm³/mol. The normalized spacial score (nSPS) is 25.7. The van der Waals surface area contributed by atoms with Gasteiger partial charge >= 0.3 is 0 Å². The summed E-state index contributed by atoms with van der Waals surface area (Å²) in [4.78, 5) is 42.0. The summed E-state index contributed by atoms with van der Waals surface area (Å²) in [6.45, 7) is 3.83. The van der Waals surface area contributed by atoms with Gasteiger partial charge in [0.25, 0.3) is 0 Å². The number of amides is 3. The number of nitrogens with one attached hydrogen (secondary N) is 1. The van der Waals surface area contributed by atoms with E-state index < -0.39 is 45.3 Å². The monoisotopic (exact) mass is 672 g/mol. The molecule has 8 rings (SSSR count). The van der Waals surface area contributed by atoms with Crippen molar-refractivity contribution in [1.29, 1.82) is 0 Å². The Kier molecular flexibility index (Phi) is 6.62. The van der Waals surface area contributed by atoms with Gasteiger partial charge in [-0.25, -0.2) is 0 Å². The summed E-state index contributed by atoms with van der Waals surface area (Å²) in [5, 5.41) is 3.02. The lowest BCUT2D eigenvalue weighted by molar-refractivity contribution is -0.146. The number of aryl methyl sites for hydroxylation is 2. The van der Waals surface area contributed by atoms with Crippen molar-refractivity contribution in [3.63, 3.8) is 0 Å². The highest BCUT2D eigenvalue weighted by Crippen LogP contribution is 2.69. The van der Waals surface area contributed by atoms with Gasteiger partial charge in [0.05, 0.1) is 11.8 Å². The molecule has 0 spiro atoms. The molecule has 1 aliphatic heterocycles. The van der Waals surface area contributed by atoms with Gasteiger partial charge in [-0.1, -0.05) is 94.8 Å². The van der Waals surface area contributed by atoms with Gasteiger partial charge in [-0.3, -0.25) is 19.3 Å². The van der Waals surface area contributed by atoms with E-state index in [0.29, 0.717) is 5.69 Å². The zero-order valence-corrected chi connectivity index (χ0v) is 26.5. The first-order valence-corrected chi connectivity index (χ1v) is 15.7. The molecule has 8 heteroatoms. The number of imide groups is 1. The van der Waals surface area contributed by atoms with Crippen molar-refractivity contribution < 1.29 is 14.4 Å². The Hall–Kier alpha value is -3.45. The third-order valence-electron chi connectivity index (χ3n) is 9.27. The summed E-state index contributed by atoms with van der Waals surface area (Å²) < 4.78 is 0.923. The van der Waals surface area contributed by atoms with Gasteiger partial charge in [0, 0.05) is 16.6 Å². The first kappa shape index (κ1) is 28.3. The van der Waals surface area contributed by atoms with Gasteiger partial charge in [0.2, 0.25) is 17.7 Å². The molecule has 0 saturated carbocycles. The third-order valence-corrected chi connectivity index (χ3v) is 11.4. The molecule has 5 nitrogen and oxygen atoms in total. The third kappa shape index (κ3) is 3.92. The van der Waals surface area contributed by atoms with Crippen molar-refractivity contribution >= 4 is 62.5 Å². The van der Waals surface area contributed by atoms with Crippen LogP contribution in [0.5, 0.6) is 0 Å². The highest BCUT2D eigenvalue weighted by atomic mass is 79.9. The van der Waals surface area contributed by atoms with Crippen LogP contribution in [0.1, 0.15) is 38.9 Å². The Bertz CT molecular complexity index is 1720. The molecule has 216 valence electrons. The van der Waals surface area contributed by atoms with Crippen LogP contribution in [0.2, 0.25) is 0 Å². The Morgan fingerprint density at radius 1 is 0.791 bits per heavy atom. The molecule has 1 heterocycles. The Morgan fingerprint density at radius 3 is 1.74 bits per heavy atom. The average molecular weight is 674 g/mol. The van der Waals surface area contributed by atoms with Crippen LogP contribution < -0.4 is 5.32 Å². The van der Waals surface area contributed by atoms with E-state index in [1.54, 1.807) is 0 Å². The molecule has 4 aliphatic rings. The molecule has 1 saturated heterocycles. The minimum atomic E-state index is -1.32. The fraction of sp³-hybridized carbons (Fsp3) is 0.229. The smallest absolute Gasteiger partial charge is 0.248 e. The van der Waals surface area contributed by atoms with E-state index >= 15 is 0 Å². The SMILES string of the molecule is Cc1cc(NC(=O)[C@H](Cc2ccccc2)N2C(=O)[C@@H]3[C@H](C2=O)C2(Cl)c4ccccc4C3(Cl)c3ccccc32)c(C)cc1Br. The molecule has 1 fully saturated rings. The molecular weight excluding hydrogens is 647 g/mol. The maximum atomic E-state index is 14.6. The molecule has 0 radical (unpaired) electrons. The fourth-order valence-corrected chi connectivity index (χ4v) is 8.82. The molecule has 3 aliphatic carbocycles. The number of anilines is 1.